The number of aryl methyl sites for hydroxylation is 2. The van der Waals surface area contributed by atoms with E-state index >= 15 is 0 Å². The molecule has 1 aromatic rings. The van der Waals surface area contributed by atoms with Gasteiger partial charge >= 0.3 is 0 Å². The van der Waals surface area contributed by atoms with Crippen LogP contribution in [0.4, 0.5) is 0 Å². The number of carbonyl (C=O) groups excluding carboxylic acids is 1. The van der Waals surface area contributed by atoms with Crippen molar-refractivity contribution in [3.05, 3.63) is 15.8 Å². The molecule has 25 heavy (non-hydrogen) atoms. The molecule has 0 aliphatic carbocycles. The van der Waals surface area contributed by atoms with Gasteiger partial charge in [0.2, 0.25) is 15.9 Å². The highest BCUT2D eigenvalue weighted by atomic mass is 32.2. The van der Waals surface area contributed by atoms with Gasteiger partial charge in [0, 0.05) is 49.0 Å². The van der Waals surface area contributed by atoms with E-state index in [4.69, 9.17) is 4.74 Å². The molecule has 2 saturated heterocycles. The first kappa shape index (κ1) is 18.8. The highest BCUT2D eigenvalue weighted by Crippen LogP contribution is 2.28. The Morgan fingerprint density at radius 3 is 2.56 bits per heavy atom. The minimum absolute atomic E-state index is 0.107. The molecule has 8 heteroatoms. The fraction of sp³-hybridized carbons (Fsp3) is 0.706. The number of hydrogen-bond acceptors (Lipinski definition) is 5. The topological polar surface area (TPSA) is 66.9 Å². The molecule has 0 N–H and O–H groups in total. The first-order valence-electron chi connectivity index (χ1n) is 8.84. The van der Waals surface area contributed by atoms with E-state index in [0.29, 0.717) is 37.5 Å². The summed E-state index contributed by atoms with van der Waals surface area (Å²) in [6.07, 6.45) is 3.59. The minimum atomic E-state index is -3.46. The molecular weight excluding hydrogens is 360 g/mol. The van der Waals surface area contributed by atoms with Gasteiger partial charge in [0.05, 0.1) is 11.0 Å². The molecular formula is C17H26N2O4S2. The zero-order valence-corrected chi connectivity index (χ0v) is 16.5. The van der Waals surface area contributed by atoms with E-state index in [1.165, 1.54) is 15.6 Å². The molecule has 3 rings (SSSR count). The van der Waals surface area contributed by atoms with Gasteiger partial charge in [0.25, 0.3) is 0 Å². The molecule has 140 valence electrons. The van der Waals surface area contributed by atoms with Crippen LogP contribution >= 0.6 is 11.3 Å². The molecule has 3 heterocycles. The second-order valence-electron chi connectivity index (χ2n) is 6.74. The van der Waals surface area contributed by atoms with Crippen LogP contribution in [-0.4, -0.2) is 62.4 Å². The summed E-state index contributed by atoms with van der Waals surface area (Å²) in [7, 11) is -3.46. The number of carbonyl (C=O) groups is 1. The Morgan fingerprint density at radius 1 is 1.28 bits per heavy atom. The number of hydrogen-bond donors (Lipinski definition) is 0. The van der Waals surface area contributed by atoms with Crippen molar-refractivity contribution in [2.45, 2.75) is 50.5 Å². The molecule has 1 unspecified atom stereocenters. The van der Waals surface area contributed by atoms with Gasteiger partial charge in [-0.05, 0) is 39.2 Å². The van der Waals surface area contributed by atoms with Gasteiger partial charge in [0.1, 0.15) is 0 Å². The van der Waals surface area contributed by atoms with E-state index < -0.39 is 10.0 Å². The van der Waals surface area contributed by atoms with Crippen molar-refractivity contribution in [2.24, 2.45) is 0 Å². The van der Waals surface area contributed by atoms with Crippen molar-refractivity contribution >= 4 is 27.3 Å². The smallest absolute Gasteiger partial charge is 0.244 e. The van der Waals surface area contributed by atoms with Crippen molar-refractivity contribution in [3.63, 3.8) is 0 Å². The quantitative estimate of drug-likeness (QED) is 0.778. The standard InChI is InChI=1S/C17H26N2O4S2/c1-13-12-16(14(2)24-13)25(21,22)19-9-7-18(8-10-19)17(20)6-5-15-4-3-11-23-15/h12,15H,3-11H2,1-2H3. The van der Waals surface area contributed by atoms with Crippen LogP contribution in [0, 0.1) is 13.8 Å². The van der Waals surface area contributed by atoms with E-state index in [0.717, 1.165) is 35.6 Å². The van der Waals surface area contributed by atoms with Gasteiger partial charge < -0.3 is 9.64 Å². The maximum atomic E-state index is 12.8. The zero-order chi connectivity index (χ0) is 18.0. The van der Waals surface area contributed by atoms with E-state index in [9.17, 15) is 13.2 Å². The van der Waals surface area contributed by atoms with Crippen LogP contribution in [0.2, 0.25) is 0 Å². The summed E-state index contributed by atoms with van der Waals surface area (Å²) in [5.74, 6) is 0.107. The van der Waals surface area contributed by atoms with Gasteiger partial charge in [-0.25, -0.2) is 8.42 Å². The van der Waals surface area contributed by atoms with Crippen LogP contribution < -0.4 is 0 Å². The van der Waals surface area contributed by atoms with E-state index in [2.05, 4.69) is 0 Å². The van der Waals surface area contributed by atoms with Crippen molar-refractivity contribution in [2.75, 3.05) is 32.8 Å². The van der Waals surface area contributed by atoms with Crippen LogP contribution in [0.1, 0.15) is 35.4 Å². The maximum absolute atomic E-state index is 12.8. The Labute approximate surface area is 153 Å². The number of thiophene rings is 1. The molecule has 2 aliphatic rings. The SMILES string of the molecule is Cc1cc(S(=O)(=O)N2CCN(C(=O)CCC3CCCO3)CC2)c(C)s1. The highest BCUT2D eigenvalue weighted by Gasteiger charge is 2.32. The number of sulfonamides is 1. The summed E-state index contributed by atoms with van der Waals surface area (Å²) in [5.41, 5.74) is 0. The third-order valence-corrected chi connectivity index (χ3v) is 8.03. The molecule has 1 amide bonds. The predicted octanol–water partition coefficient (Wildman–Crippen LogP) is 2.16. The van der Waals surface area contributed by atoms with Crippen molar-refractivity contribution in [1.82, 2.24) is 9.21 Å². The lowest BCUT2D eigenvalue weighted by Gasteiger charge is -2.34. The van der Waals surface area contributed by atoms with Gasteiger partial charge in [-0.15, -0.1) is 11.3 Å². The van der Waals surface area contributed by atoms with Gasteiger partial charge in [-0.3, -0.25) is 4.79 Å². The molecule has 2 aliphatic heterocycles. The first-order valence-corrected chi connectivity index (χ1v) is 11.1. The fourth-order valence-corrected chi connectivity index (χ4v) is 6.44. The van der Waals surface area contributed by atoms with E-state index in [1.54, 1.807) is 11.0 Å². The molecule has 0 radical (unpaired) electrons. The molecule has 1 atom stereocenters. The largest absolute Gasteiger partial charge is 0.378 e. The lowest BCUT2D eigenvalue weighted by molar-refractivity contribution is -0.133. The van der Waals surface area contributed by atoms with Crippen LogP contribution in [0.25, 0.3) is 0 Å². The molecule has 0 spiro atoms. The average Bonchev–Trinajstić information content (AvgIpc) is 3.22. The van der Waals surface area contributed by atoms with Crippen LogP contribution in [0.5, 0.6) is 0 Å². The minimum Gasteiger partial charge on any atom is -0.378 e. The second kappa shape index (κ2) is 7.73. The molecule has 2 fully saturated rings. The third kappa shape index (κ3) is 4.24. The summed E-state index contributed by atoms with van der Waals surface area (Å²) >= 11 is 1.50. The Balaban J connectivity index is 1.54. The van der Waals surface area contributed by atoms with Crippen molar-refractivity contribution in [3.8, 4) is 0 Å². The number of amides is 1. The fourth-order valence-electron chi connectivity index (χ4n) is 3.50. The van der Waals surface area contributed by atoms with Crippen LogP contribution in [0.15, 0.2) is 11.0 Å². The Kier molecular flexibility index (Phi) is 5.82. The summed E-state index contributed by atoms with van der Waals surface area (Å²) in [6.45, 7) is 6.22. The van der Waals surface area contributed by atoms with E-state index in [1.807, 2.05) is 13.8 Å². The Bertz CT molecular complexity index is 715. The Morgan fingerprint density at radius 2 is 2.00 bits per heavy atom. The summed E-state index contributed by atoms with van der Waals surface area (Å²) in [4.78, 5) is 16.4. The first-order chi connectivity index (χ1) is 11.9. The molecule has 0 bridgehead atoms. The predicted molar refractivity (Wildman–Crippen MR) is 97.3 cm³/mol. The van der Waals surface area contributed by atoms with Crippen molar-refractivity contribution in [1.29, 1.82) is 0 Å². The molecule has 0 aromatic carbocycles. The number of piperazine rings is 1. The third-order valence-electron chi connectivity index (χ3n) is 4.91. The molecule has 1 aromatic heterocycles. The normalized spacial score (nSPS) is 22.5. The average molecular weight is 387 g/mol. The monoisotopic (exact) mass is 386 g/mol. The second-order valence-corrected chi connectivity index (χ2v) is 10.1. The van der Waals surface area contributed by atoms with Crippen LogP contribution in [-0.2, 0) is 19.6 Å². The molecule has 6 nitrogen and oxygen atoms in total. The number of rotatable bonds is 5. The number of nitrogens with zero attached hydrogens (tertiary/aromatic N) is 2. The van der Waals surface area contributed by atoms with E-state index in [-0.39, 0.29) is 12.0 Å². The number of ether oxygens (including phenoxy) is 1. The van der Waals surface area contributed by atoms with Gasteiger partial charge in [-0.2, -0.15) is 4.31 Å². The van der Waals surface area contributed by atoms with Gasteiger partial charge in [0.15, 0.2) is 0 Å². The summed E-state index contributed by atoms with van der Waals surface area (Å²) in [6, 6.07) is 1.74. The zero-order valence-electron chi connectivity index (χ0n) is 14.9. The molecule has 0 saturated carbocycles. The highest BCUT2D eigenvalue weighted by molar-refractivity contribution is 7.89. The Hall–Kier alpha value is -0.960. The van der Waals surface area contributed by atoms with Gasteiger partial charge in [-0.1, -0.05) is 0 Å². The summed E-state index contributed by atoms with van der Waals surface area (Å²) in [5, 5.41) is 0. The maximum Gasteiger partial charge on any atom is 0.244 e. The summed E-state index contributed by atoms with van der Waals surface area (Å²) < 4.78 is 32.7. The lowest BCUT2D eigenvalue weighted by atomic mass is 10.1. The lowest BCUT2D eigenvalue weighted by Crippen LogP contribution is -2.50. The van der Waals surface area contributed by atoms with Crippen LogP contribution in [0.3, 0.4) is 0 Å². The van der Waals surface area contributed by atoms with Crippen molar-refractivity contribution < 1.29 is 17.9 Å².